The van der Waals surface area contributed by atoms with E-state index in [1.807, 2.05) is 36.1 Å². The molecule has 4 rings (SSSR count). The van der Waals surface area contributed by atoms with Crippen LogP contribution in [-0.2, 0) is 13.0 Å². The van der Waals surface area contributed by atoms with Crippen molar-refractivity contribution < 1.29 is 4.79 Å². The van der Waals surface area contributed by atoms with Gasteiger partial charge in [0.15, 0.2) is 0 Å². The van der Waals surface area contributed by atoms with Gasteiger partial charge in [-0.15, -0.1) is 10.2 Å². The standard InChI is InChI=1S/C21H29N5O/c1-15(2)25-10-8-18(14-25)20-23-22-19-9-11-24(12-13-26(19)20)21(27)17-6-4-16(3)5-7-17/h4-7,15,18H,8-14H2,1-3H3. The highest BCUT2D eigenvalue weighted by Gasteiger charge is 2.31. The molecule has 1 aromatic heterocycles. The third-order valence-corrected chi connectivity index (χ3v) is 5.96. The van der Waals surface area contributed by atoms with Gasteiger partial charge in [0.05, 0.1) is 0 Å². The fourth-order valence-corrected chi connectivity index (χ4v) is 4.20. The zero-order valence-electron chi connectivity index (χ0n) is 16.6. The van der Waals surface area contributed by atoms with Crippen LogP contribution in [0.25, 0.3) is 0 Å². The number of carbonyl (C=O) groups excluding carboxylic acids is 1. The third-order valence-electron chi connectivity index (χ3n) is 5.96. The molecule has 6 heteroatoms. The summed E-state index contributed by atoms with van der Waals surface area (Å²) < 4.78 is 2.27. The van der Waals surface area contributed by atoms with E-state index in [0.29, 0.717) is 25.0 Å². The summed E-state index contributed by atoms with van der Waals surface area (Å²) in [6, 6.07) is 8.42. The first kappa shape index (κ1) is 18.2. The molecule has 0 bridgehead atoms. The number of fused-ring (bicyclic) bond motifs is 1. The van der Waals surface area contributed by atoms with Gasteiger partial charge in [0.2, 0.25) is 0 Å². The van der Waals surface area contributed by atoms with Crippen LogP contribution in [0.5, 0.6) is 0 Å². The summed E-state index contributed by atoms with van der Waals surface area (Å²) in [6.45, 7) is 10.9. The molecule has 1 atom stereocenters. The average molecular weight is 367 g/mol. The fraction of sp³-hybridized carbons (Fsp3) is 0.571. The maximum Gasteiger partial charge on any atom is 0.253 e. The van der Waals surface area contributed by atoms with Crippen molar-refractivity contribution in [2.75, 3.05) is 26.2 Å². The fourth-order valence-electron chi connectivity index (χ4n) is 4.20. The molecule has 3 heterocycles. The quantitative estimate of drug-likeness (QED) is 0.836. The van der Waals surface area contributed by atoms with E-state index in [1.54, 1.807) is 0 Å². The van der Waals surface area contributed by atoms with E-state index in [1.165, 1.54) is 5.56 Å². The zero-order valence-corrected chi connectivity index (χ0v) is 16.6. The lowest BCUT2D eigenvalue weighted by atomic mass is 10.1. The topological polar surface area (TPSA) is 54.3 Å². The lowest BCUT2D eigenvalue weighted by molar-refractivity contribution is 0.0758. The smallest absolute Gasteiger partial charge is 0.253 e. The predicted octanol–water partition coefficient (Wildman–Crippen LogP) is 2.48. The second-order valence-electron chi connectivity index (χ2n) is 8.11. The van der Waals surface area contributed by atoms with Crippen LogP contribution in [0.3, 0.4) is 0 Å². The van der Waals surface area contributed by atoms with Crippen molar-refractivity contribution in [1.29, 1.82) is 0 Å². The Labute approximate surface area is 161 Å². The first-order chi connectivity index (χ1) is 13.0. The number of likely N-dealkylation sites (tertiary alicyclic amines) is 1. The number of rotatable bonds is 3. The van der Waals surface area contributed by atoms with Crippen LogP contribution in [0.15, 0.2) is 24.3 Å². The number of carbonyl (C=O) groups is 1. The molecule has 2 aliphatic heterocycles. The summed E-state index contributed by atoms with van der Waals surface area (Å²) in [5.74, 6) is 2.69. The first-order valence-corrected chi connectivity index (χ1v) is 10.0. The molecule has 0 radical (unpaired) electrons. The predicted molar refractivity (Wildman–Crippen MR) is 105 cm³/mol. The van der Waals surface area contributed by atoms with Gasteiger partial charge in [-0.1, -0.05) is 17.7 Å². The van der Waals surface area contributed by atoms with Crippen LogP contribution in [0, 0.1) is 6.92 Å². The number of aryl methyl sites for hydroxylation is 1. The second kappa shape index (κ2) is 7.43. The van der Waals surface area contributed by atoms with Crippen LogP contribution < -0.4 is 0 Å². The molecule has 6 nitrogen and oxygen atoms in total. The lowest BCUT2D eigenvalue weighted by Crippen LogP contribution is -2.33. The zero-order chi connectivity index (χ0) is 19.0. The number of nitrogens with zero attached hydrogens (tertiary/aromatic N) is 5. The highest BCUT2D eigenvalue weighted by atomic mass is 16.2. The highest BCUT2D eigenvalue weighted by molar-refractivity contribution is 5.94. The van der Waals surface area contributed by atoms with Gasteiger partial charge in [-0.05, 0) is 45.9 Å². The molecule has 0 spiro atoms. The van der Waals surface area contributed by atoms with Gasteiger partial charge < -0.3 is 14.4 Å². The Kier molecular flexibility index (Phi) is 5.00. The molecular formula is C21H29N5O. The maximum atomic E-state index is 12.9. The number of hydrogen-bond acceptors (Lipinski definition) is 4. The van der Waals surface area contributed by atoms with E-state index < -0.39 is 0 Å². The summed E-state index contributed by atoms with van der Waals surface area (Å²) >= 11 is 0. The number of amides is 1. The van der Waals surface area contributed by atoms with Crippen LogP contribution >= 0.6 is 0 Å². The average Bonchev–Trinajstić information content (AvgIpc) is 3.24. The van der Waals surface area contributed by atoms with Crippen molar-refractivity contribution in [3.05, 3.63) is 47.0 Å². The molecule has 1 amide bonds. The van der Waals surface area contributed by atoms with Gasteiger partial charge in [0, 0.05) is 50.1 Å². The normalized spacial score (nSPS) is 20.7. The van der Waals surface area contributed by atoms with Crippen LogP contribution in [-0.4, -0.2) is 62.7 Å². The van der Waals surface area contributed by atoms with Gasteiger partial charge in [-0.3, -0.25) is 4.79 Å². The molecule has 0 N–H and O–H groups in total. The molecule has 1 fully saturated rings. The van der Waals surface area contributed by atoms with Crippen molar-refractivity contribution in [2.24, 2.45) is 0 Å². The Hall–Kier alpha value is -2.21. The SMILES string of the molecule is Cc1ccc(C(=O)N2CCc3nnc(C4CCN(C(C)C)C4)n3CC2)cc1. The van der Waals surface area contributed by atoms with Gasteiger partial charge in [0.1, 0.15) is 11.6 Å². The minimum Gasteiger partial charge on any atom is -0.336 e. The van der Waals surface area contributed by atoms with Crippen LogP contribution in [0.2, 0.25) is 0 Å². The van der Waals surface area contributed by atoms with Crippen LogP contribution in [0.1, 0.15) is 53.8 Å². The van der Waals surface area contributed by atoms with Crippen LogP contribution in [0.4, 0.5) is 0 Å². The molecule has 27 heavy (non-hydrogen) atoms. The van der Waals surface area contributed by atoms with E-state index in [2.05, 4.69) is 33.5 Å². The number of benzene rings is 1. The minimum atomic E-state index is 0.113. The van der Waals surface area contributed by atoms with E-state index in [-0.39, 0.29) is 5.91 Å². The molecule has 0 saturated carbocycles. The summed E-state index contributed by atoms with van der Waals surface area (Å²) in [6.07, 6.45) is 1.91. The Morgan fingerprint density at radius 1 is 1.07 bits per heavy atom. The summed E-state index contributed by atoms with van der Waals surface area (Å²) in [5, 5.41) is 9.00. The second-order valence-corrected chi connectivity index (χ2v) is 8.11. The molecule has 1 saturated heterocycles. The van der Waals surface area contributed by atoms with Gasteiger partial charge in [0.25, 0.3) is 5.91 Å². The van der Waals surface area contributed by atoms with Crippen molar-refractivity contribution in [3.8, 4) is 0 Å². The first-order valence-electron chi connectivity index (χ1n) is 10.0. The van der Waals surface area contributed by atoms with Gasteiger partial charge >= 0.3 is 0 Å². The Balaban J connectivity index is 1.47. The molecule has 1 unspecified atom stereocenters. The monoisotopic (exact) mass is 367 g/mol. The highest BCUT2D eigenvalue weighted by Crippen LogP contribution is 2.28. The Morgan fingerprint density at radius 3 is 2.56 bits per heavy atom. The van der Waals surface area contributed by atoms with E-state index >= 15 is 0 Å². The number of hydrogen-bond donors (Lipinski definition) is 0. The molecule has 1 aromatic carbocycles. The molecule has 0 aliphatic carbocycles. The van der Waals surface area contributed by atoms with E-state index in [0.717, 1.165) is 49.7 Å². The van der Waals surface area contributed by atoms with E-state index in [9.17, 15) is 4.79 Å². The van der Waals surface area contributed by atoms with Crippen molar-refractivity contribution in [3.63, 3.8) is 0 Å². The molecular weight excluding hydrogens is 338 g/mol. The van der Waals surface area contributed by atoms with Crippen molar-refractivity contribution in [2.45, 2.75) is 52.1 Å². The molecule has 144 valence electrons. The van der Waals surface area contributed by atoms with Gasteiger partial charge in [-0.25, -0.2) is 0 Å². The summed E-state index contributed by atoms with van der Waals surface area (Å²) in [5.41, 5.74) is 1.94. The lowest BCUT2D eigenvalue weighted by Gasteiger charge is -2.21. The third kappa shape index (κ3) is 3.63. The molecule has 2 aliphatic rings. The Bertz CT molecular complexity index is 810. The number of aromatic nitrogens is 3. The maximum absolute atomic E-state index is 12.9. The largest absolute Gasteiger partial charge is 0.336 e. The van der Waals surface area contributed by atoms with E-state index in [4.69, 9.17) is 0 Å². The van der Waals surface area contributed by atoms with Gasteiger partial charge in [-0.2, -0.15) is 0 Å². The molecule has 2 aromatic rings. The van der Waals surface area contributed by atoms with Crippen molar-refractivity contribution in [1.82, 2.24) is 24.6 Å². The Morgan fingerprint density at radius 2 is 1.85 bits per heavy atom. The van der Waals surface area contributed by atoms with Crippen molar-refractivity contribution >= 4 is 5.91 Å². The minimum absolute atomic E-state index is 0.113. The summed E-state index contributed by atoms with van der Waals surface area (Å²) in [7, 11) is 0. The summed E-state index contributed by atoms with van der Waals surface area (Å²) in [4.78, 5) is 17.3.